The maximum Gasteiger partial charge on any atom is 0.0949 e. The Morgan fingerprint density at radius 2 is 2.00 bits per heavy atom. The number of hydrogen-bond donors (Lipinski definition) is 0. The van der Waals surface area contributed by atoms with Gasteiger partial charge in [-0.1, -0.05) is 38.0 Å². The van der Waals surface area contributed by atoms with Gasteiger partial charge in [-0.15, -0.1) is 0 Å². The van der Waals surface area contributed by atoms with E-state index in [2.05, 4.69) is 22.9 Å². The van der Waals surface area contributed by atoms with Gasteiger partial charge in [0.1, 0.15) is 0 Å². The van der Waals surface area contributed by atoms with Gasteiger partial charge in [-0.3, -0.25) is 0 Å². The standard InChI is InChI=1S/C13H18N2/c1-3-4-7-10-14-11-15-13-9-6-5-8-12(13)2/h5-6,8-9H,3-4,7,10H2,1-2H3. The first-order chi connectivity index (χ1) is 7.34. The number of aryl methyl sites for hydroxylation is 1. The summed E-state index contributed by atoms with van der Waals surface area (Å²) in [5.41, 5.74) is 2.12. The zero-order chi connectivity index (χ0) is 10.9. The molecule has 15 heavy (non-hydrogen) atoms. The number of unbranched alkanes of at least 4 members (excludes halogenated alkanes) is 2. The molecule has 0 aliphatic carbocycles. The Morgan fingerprint density at radius 3 is 2.73 bits per heavy atom. The molecule has 0 saturated heterocycles. The number of rotatable bonds is 5. The van der Waals surface area contributed by atoms with Crippen LogP contribution in [0.4, 0.5) is 5.69 Å². The zero-order valence-corrected chi connectivity index (χ0v) is 9.53. The molecule has 1 rings (SSSR count). The smallest absolute Gasteiger partial charge is 0.0949 e. The average molecular weight is 202 g/mol. The second-order valence-electron chi connectivity index (χ2n) is 3.59. The van der Waals surface area contributed by atoms with Gasteiger partial charge in [0.25, 0.3) is 0 Å². The summed E-state index contributed by atoms with van der Waals surface area (Å²) in [6.07, 6.45) is 3.59. The largest absolute Gasteiger partial charge is 0.225 e. The van der Waals surface area contributed by atoms with Crippen molar-refractivity contribution >= 4 is 11.7 Å². The molecule has 2 heteroatoms. The molecule has 2 nitrogen and oxygen atoms in total. The molecule has 0 radical (unpaired) electrons. The van der Waals surface area contributed by atoms with E-state index in [4.69, 9.17) is 0 Å². The van der Waals surface area contributed by atoms with E-state index in [0.717, 1.165) is 24.2 Å². The summed E-state index contributed by atoms with van der Waals surface area (Å²) in [4.78, 5) is 8.32. The average Bonchev–Trinajstić information content (AvgIpc) is 2.25. The molecule has 0 spiro atoms. The highest BCUT2D eigenvalue weighted by Crippen LogP contribution is 2.15. The van der Waals surface area contributed by atoms with Crippen molar-refractivity contribution in [1.29, 1.82) is 0 Å². The van der Waals surface area contributed by atoms with Crippen molar-refractivity contribution in [1.82, 2.24) is 0 Å². The topological polar surface area (TPSA) is 24.7 Å². The number of hydrogen-bond acceptors (Lipinski definition) is 2. The molecule has 0 fully saturated rings. The van der Waals surface area contributed by atoms with E-state index in [0.29, 0.717) is 0 Å². The minimum Gasteiger partial charge on any atom is -0.225 e. The first kappa shape index (κ1) is 11.7. The van der Waals surface area contributed by atoms with Crippen LogP contribution in [0.5, 0.6) is 0 Å². The highest BCUT2D eigenvalue weighted by molar-refractivity contribution is 5.55. The molecule has 0 bridgehead atoms. The van der Waals surface area contributed by atoms with Gasteiger partial charge in [-0.2, -0.15) is 4.99 Å². The molecule has 80 valence electrons. The quantitative estimate of drug-likeness (QED) is 0.509. The fourth-order valence-corrected chi connectivity index (χ4v) is 1.27. The summed E-state index contributed by atoms with van der Waals surface area (Å²) >= 11 is 0. The Bertz CT molecular complexity index is 349. The predicted molar refractivity (Wildman–Crippen MR) is 65.1 cm³/mol. The summed E-state index contributed by atoms with van der Waals surface area (Å²) in [6, 6.07) is 10.8. The summed E-state index contributed by atoms with van der Waals surface area (Å²) in [5.74, 6) is 0. The van der Waals surface area contributed by atoms with Crippen molar-refractivity contribution in [3.63, 3.8) is 0 Å². The summed E-state index contributed by atoms with van der Waals surface area (Å²) in [5, 5.41) is 0. The normalized spacial score (nSPS) is 9.47. The fraction of sp³-hybridized carbons (Fsp3) is 0.462. The van der Waals surface area contributed by atoms with Crippen molar-refractivity contribution in [2.24, 2.45) is 9.98 Å². The van der Waals surface area contributed by atoms with Gasteiger partial charge in [0.2, 0.25) is 0 Å². The Kier molecular flexibility index (Phi) is 5.42. The van der Waals surface area contributed by atoms with Crippen LogP contribution in [-0.2, 0) is 0 Å². The lowest BCUT2D eigenvalue weighted by atomic mass is 10.2. The Hall–Kier alpha value is -1.40. The molecule has 0 unspecified atom stereocenters. The van der Waals surface area contributed by atoms with Crippen molar-refractivity contribution < 1.29 is 0 Å². The second kappa shape index (κ2) is 6.97. The number of nitrogens with zero attached hydrogens (tertiary/aromatic N) is 2. The molecule has 0 aromatic heterocycles. The van der Waals surface area contributed by atoms with Gasteiger partial charge in [0.05, 0.1) is 11.7 Å². The minimum absolute atomic E-state index is 0.837. The van der Waals surface area contributed by atoms with Crippen LogP contribution >= 0.6 is 0 Å². The molecule has 1 aromatic rings. The highest BCUT2D eigenvalue weighted by Gasteiger charge is 1.90. The number of aliphatic imine (C=N–C) groups is 2. The van der Waals surface area contributed by atoms with E-state index in [-0.39, 0.29) is 0 Å². The molecule has 0 aliphatic rings. The lowest BCUT2D eigenvalue weighted by Gasteiger charge is -1.94. The molecule has 1 aromatic carbocycles. The third-order valence-corrected chi connectivity index (χ3v) is 2.23. The van der Waals surface area contributed by atoms with Crippen LogP contribution in [0.15, 0.2) is 34.3 Å². The Labute approximate surface area is 91.8 Å². The Balaban J connectivity index is 2.47. The van der Waals surface area contributed by atoms with E-state index in [1.165, 1.54) is 12.8 Å². The third kappa shape index (κ3) is 4.57. The summed E-state index contributed by atoms with van der Waals surface area (Å²) in [7, 11) is 0. The van der Waals surface area contributed by atoms with Gasteiger partial charge in [-0.25, -0.2) is 4.99 Å². The molecular formula is C13H18N2. The van der Waals surface area contributed by atoms with Gasteiger partial charge < -0.3 is 0 Å². The third-order valence-electron chi connectivity index (χ3n) is 2.23. The second-order valence-corrected chi connectivity index (χ2v) is 3.59. The summed E-state index contributed by atoms with van der Waals surface area (Å²) in [6.45, 7) is 5.06. The van der Waals surface area contributed by atoms with Crippen LogP contribution in [0.1, 0.15) is 31.7 Å². The van der Waals surface area contributed by atoms with E-state index in [9.17, 15) is 0 Å². The van der Waals surface area contributed by atoms with Gasteiger partial charge in [-0.05, 0) is 25.0 Å². The molecule has 0 heterocycles. The van der Waals surface area contributed by atoms with Gasteiger partial charge in [0.15, 0.2) is 0 Å². The molecule has 0 amide bonds. The zero-order valence-electron chi connectivity index (χ0n) is 9.53. The minimum atomic E-state index is 0.837. The van der Waals surface area contributed by atoms with Gasteiger partial charge in [0, 0.05) is 6.54 Å². The lowest BCUT2D eigenvalue weighted by Crippen LogP contribution is -1.78. The molecule has 0 atom stereocenters. The lowest BCUT2D eigenvalue weighted by molar-refractivity contribution is 0.729. The van der Waals surface area contributed by atoms with Crippen LogP contribution in [-0.4, -0.2) is 12.6 Å². The van der Waals surface area contributed by atoms with Crippen molar-refractivity contribution in [2.75, 3.05) is 6.54 Å². The van der Waals surface area contributed by atoms with E-state index >= 15 is 0 Å². The Morgan fingerprint density at radius 1 is 1.20 bits per heavy atom. The number of benzene rings is 1. The molecule has 0 N–H and O–H groups in total. The summed E-state index contributed by atoms with van der Waals surface area (Å²) < 4.78 is 0. The predicted octanol–water partition coefficient (Wildman–Crippen LogP) is 3.99. The van der Waals surface area contributed by atoms with Crippen LogP contribution < -0.4 is 0 Å². The molecular weight excluding hydrogens is 184 g/mol. The maximum absolute atomic E-state index is 4.19. The van der Waals surface area contributed by atoms with Crippen molar-refractivity contribution in [3.8, 4) is 0 Å². The monoisotopic (exact) mass is 202 g/mol. The number of para-hydroxylation sites is 1. The van der Waals surface area contributed by atoms with E-state index in [1.807, 2.05) is 31.2 Å². The molecule has 0 saturated carbocycles. The fourth-order valence-electron chi connectivity index (χ4n) is 1.27. The van der Waals surface area contributed by atoms with Crippen LogP contribution in [0.2, 0.25) is 0 Å². The van der Waals surface area contributed by atoms with Gasteiger partial charge >= 0.3 is 0 Å². The van der Waals surface area contributed by atoms with Crippen LogP contribution in [0, 0.1) is 6.92 Å². The van der Waals surface area contributed by atoms with Crippen LogP contribution in [0.3, 0.4) is 0 Å². The first-order valence-electron chi connectivity index (χ1n) is 5.52. The first-order valence-corrected chi connectivity index (χ1v) is 5.52. The van der Waals surface area contributed by atoms with Crippen LogP contribution in [0.25, 0.3) is 0 Å². The SMILES string of the molecule is CCCCCN=C=Nc1ccccc1C. The van der Waals surface area contributed by atoms with Crippen molar-refractivity contribution in [3.05, 3.63) is 29.8 Å². The van der Waals surface area contributed by atoms with E-state index < -0.39 is 0 Å². The maximum atomic E-state index is 4.19. The highest BCUT2D eigenvalue weighted by atomic mass is 14.8. The molecule has 0 aliphatic heterocycles. The van der Waals surface area contributed by atoms with E-state index in [1.54, 1.807) is 0 Å². The van der Waals surface area contributed by atoms with Crippen molar-refractivity contribution in [2.45, 2.75) is 33.1 Å².